The first-order chi connectivity index (χ1) is 9.01. The highest BCUT2D eigenvalue weighted by Gasteiger charge is 2.11. The van der Waals surface area contributed by atoms with Gasteiger partial charge in [-0.25, -0.2) is 9.18 Å². The van der Waals surface area contributed by atoms with Gasteiger partial charge in [-0.3, -0.25) is 0 Å². The monoisotopic (exact) mass is 257 g/mol. The van der Waals surface area contributed by atoms with Gasteiger partial charge in [0.2, 0.25) is 0 Å². The van der Waals surface area contributed by atoms with Crippen LogP contribution in [0.25, 0.3) is 11.1 Å². The second kappa shape index (κ2) is 4.78. The maximum Gasteiger partial charge on any atom is 0.338 e. The van der Waals surface area contributed by atoms with E-state index in [9.17, 15) is 14.3 Å². The topological polar surface area (TPSA) is 81.3 Å². The standard InChI is InChI=1S/C14H8FNO3/c15-13-6-9(1-2-12(13)14(18)19)10-3-8(7-16)4-11(17)5-10/h1-6,17H,(H,18,19). The molecule has 0 bridgehead atoms. The maximum absolute atomic E-state index is 13.6. The van der Waals surface area contributed by atoms with Crippen LogP contribution in [0.4, 0.5) is 4.39 Å². The van der Waals surface area contributed by atoms with Gasteiger partial charge in [0.25, 0.3) is 0 Å². The van der Waals surface area contributed by atoms with Crippen molar-refractivity contribution in [2.75, 3.05) is 0 Å². The van der Waals surface area contributed by atoms with Crippen molar-refractivity contribution >= 4 is 5.97 Å². The molecule has 0 aliphatic carbocycles. The van der Waals surface area contributed by atoms with E-state index in [4.69, 9.17) is 10.4 Å². The van der Waals surface area contributed by atoms with E-state index >= 15 is 0 Å². The molecule has 0 unspecified atom stereocenters. The number of carboxylic acid groups (broad SMARTS) is 1. The molecule has 19 heavy (non-hydrogen) atoms. The Morgan fingerprint density at radius 1 is 1.16 bits per heavy atom. The maximum atomic E-state index is 13.6. The van der Waals surface area contributed by atoms with Gasteiger partial charge in [-0.1, -0.05) is 6.07 Å². The second-order valence-electron chi connectivity index (χ2n) is 3.88. The zero-order valence-electron chi connectivity index (χ0n) is 9.59. The summed E-state index contributed by atoms with van der Waals surface area (Å²) in [4.78, 5) is 10.7. The third-order valence-corrected chi connectivity index (χ3v) is 2.58. The van der Waals surface area contributed by atoms with Crippen LogP contribution in [0.15, 0.2) is 36.4 Å². The van der Waals surface area contributed by atoms with Gasteiger partial charge in [0.15, 0.2) is 0 Å². The fourth-order valence-corrected chi connectivity index (χ4v) is 1.71. The van der Waals surface area contributed by atoms with E-state index in [2.05, 4.69) is 0 Å². The number of carbonyl (C=O) groups is 1. The Hall–Kier alpha value is -2.87. The fourth-order valence-electron chi connectivity index (χ4n) is 1.71. The van der Waals surface area contributed by atoms with Crippen molar-refractivity contribution in [3.8, 4) is 22.9 Å². The molecule has 0 fully saturated rings. The Bertz CT molecular complexity index is 704. The lowest BCUT2D eigenvalue weighted by atomic mass is 10.0. The van der Waals surface area contributed by atoms with Crippen LogP contribution in [0.1, 0.15) is 15.9 Å². The highest BCUT2D eigenvalue weighted by atomic mass is 19.1. The molecule has 2 aromatic carbocycles. The molecule has 0 radical (unpaired) electrons. The normalized spacial score (nSPS) is 9.89. The Balaban J connectivity index is 2.54. The quantitative estimate of drug-likeness (QED) is 0.866. The van der Waals surface area contributed by atoms with Gasteiger partial charge < -0.3 is 10.2 Å². The number of hydrogen-bond acceptors (Lipinski definition) is 3. The first-order valence-electron chi connectivity index (χ1n) is 5.28. The number of benzene rings is 2. The summed E-state index contributed by atoms with van der Waals surface area (Å²) in [6.45, 7) is 0. The zero-order valence-corrected chi connectivity index (χ0v) is 9.59. The molecule has 2 rings (SSSR count). The van der Waals surface area contributed by atoms with E-state index in [1.807, 2.05) is 6.07 Å². The molecular weight excluding hydrogens is 249 g/mol. The molecule has 0 saturated heterocycles. The first-order valence-corrected chi connectivity index (χ1v) is 5.28. The summed E-state index contributed by atoms with van der Waals surface area (Å²) >= 11 is 0. The van der Waals surface area contributed by atoms with E-state index in [-0.39, 0.29) is 11.3 Å². The average molecular weight is 257 g/mol. The number of nitrogens with zero attached hydrogens (tertiary/aromatic N) is 1. The molecule has 0 spiro atoms. The van der Waals surface area contributed by atoms with Crippen molar-refractivity contribution in [3.63, 3.8) is 0 Å². The van der Waals surface area contributed by atoms with Crippen LogP contribution in [0.3, 0.4) is 0 Å². The van der Waals surface area contributed by atoms with E-state index in [0.717, 1.165) is 12.1 Å². The van der Waals surface area contributed by atoms with E-state index in [0.29, 0.717) is 11.1 Å². The molecule has 0 aromatic heterocycles. The summed E-state index contributed by atoms with van der Waals surface area (Å²) in [6, 6.07) is 9.63. The molecule has 0 heterocycles. The van der Waals surface area contributed by atoms with Crippen LogP contribution in [0.5, 0.6) is 5.75 Å². The number of phenolic OH excluding ortho intramolecular Hbond substituents is 1. The molecular formula is C14H8FNO3. The minimum Gasteiger partial charge on any atom is -0.508 e. The molecule has 0 aliphatic heterocycles. The van der Waals surface area contributed by atoms with Crippen molar-refractivity contribution < 1.29 is 19.4 Å². The van der Waals surface area contributed by atoms with Gasteiger partial charge in [-0.05, 0) is 41.5 Å². The number of rotatable bonds is 2. The zero-order chi connectivity index (χ0) is 14.0. The Morgan fingerprint density at radius 2 is 1.89 bits per heavy atom. The Labute approximate surface area is 108 Å². The van der Waals surface area contributed by atoms with E-state index < -0.39 is 17.3 Å². The number of halogens is 1. The lowest BCUT2D eigenvalue weighted by Gasteiger charge is -2.05. The number of nitriles is 1. The number of carboxylic acids is 1. The highest BCUT2D eigenvalue weighted by Crippen LogP contribution is 2.26. The van der Waals surface area contributed by atoms with Gasteiger partial charge in [-0.2, -0.15) is 5.26 Å². The van der Waals surface area contributed by atoms with Crippen molar-refractivity contribution in [1.29, 1.82) is 5.26 Å². The van der Waals surface area contributed by atoms with Gasteiger partial charge >= 0.3 is 5.97 Å². The molecule has 2 N–H and O–H groups in total. The Kier molecular flexibility index (Phi) is 3.17. The van der Waals surface area contributed by atoms with Crippen LogP contribution in [-0.4, -0.2) is 16.2 Å². The molecule has 0 saturated carbocycles. The van der Waals surface area contributed by atoms with Crippen molar-refractivity contribution in [3.05, 3.63) is 53.3 Å². The number of phenols is 1. The van der Waals surface area contributed by atoms with Gasteiger partial charge in [-0.15, -0.1) is 0 Å². The van der Waals surface area contributed by atoms with Gasteiger partial charge in [0.05, 0.1) is 17.2 Å². The predicted molar refractivity (Wildman–Crippen MR) is 65.2 cm³/mol. The summed E-state index contributed by atoms with van der Waals surface area (Å²) in [6.07, 6.45) is 0. The van der Waals surface area contributed by atoms with E-state index in [1.165, 1.54) is 24.3 Å². The van der Waals surface area contributed by atoms with Crippen molar-refractivity contribution in [2.45, 2.75) is 0 Å². The summed E-state index contributed by atoms with van der Waals surface area (Å²) in [5.74, 6) is -2.33. The summed E-state index contributed by atoms with van der Waals surface area (Å²) in [7, 11) is 0. The minimum atomic E-state index is -1.35. The number of hydrogen-bond donors (Lipinski definition) is 2. The summed E-state index contributed by atoms with van der Waals surface area (Å²) in [5, 5.41) is 27.0. The van der Waals surface area contributed by atoms with Gasteiger partial charge in [0, 0.05) is 0 Å². The van der Waals surface area contributed by atoms with E-state index in [1.54, 1.807) is 0 Å². The third kappa shape index (κ3) is 2.53. The van der Waals surface area contributed by atoms with Crippen LogP contribution < -0.4 is 0 Å². The van der Waals surface area contributed by atoms with Gasteiger partial charge in [0.1, 0.15) is 11.6 Å². The molecule has 5 heteroatoms. The van der Waals surface area contributed by atoms with Crippen LogP contribution in [0.2, 0.25) is 0 Å². The molecule has 4 nitrogen and oxygen atoms in total. The van der Waals surface area contributed by atoms with Crippen molar-refractivity contribution in [1.82, 2.24) is 0 Å². The fraction of sp³-hybridized carbons (Fsp3) is 0. The first kappa shape index (κ1) is 12.6. The summed E-state index contributed by atoms with van der Waals surface area (Å²) in [5.41, 5.74) is 0.629. The molecule has 0 aliphatic rings. The van der Waals surface area contributed by atoms with Crippen LogP contribution in [0, 0.1) is 17.1 Å². The molecule has 94 valence electrons. The lowest BCUT2D eigenvalue weighted by molar-refractivity contribution is 0.0692. The molecule has 2 aromatic rings. The largest absolute Gasteiger partial charge is 0.508 e. The third-order valence-electron chi connectivity index (χ3n) is 2.58. The summed E-state index contributed by atoms with van der Waals surface area (Å²) < 4.78 is 13.6. The highest BCUT2D eigenvalue weighted by molar-refractivity contribution is 5.88. The second-order valence-corrected chi connectivity index (χ2v) is 3.88. The minimum absolute atomic E-state index is 0.114. The SMILES string of the molecule is N#Cc1cc(O)cc(-c2ccc(C(=O)O)c(F)c2)c1. The smallest absolute Gasteiger partial charge is 0.338 e. The van der Waals surface area contributed by atoms with Crippen LogP contribution >= 0.6 is 0 Å². The number of aromatic carboxylic acids is 1. The van der Waals surface area contributed by atoms with Crippen molar-refractivity contribution in [2.24, 2.45) is 0 Å². The molecule has 0 amide bonds. The molecule has 0 atom stereocenters. The lowest BCUT2D eigenvalue weighted by Crippen LogP contribution is -2.00. The predicted octanol–water partition coefficient (Wildman–Crippen LogP) is 2.77. The average Bonchev–Trinajstić information content (AvgIpc) is 2.37. The van der Waals surface area contributed by atoms with Crippen LogP contribution in [-0.2, 0) is 0 Å². The Morgan fingerprint density at radius 3 is 2.47 bits per heavy atom. The number of aromatic hydroxyl groups is 1.